The van der Waals surface area contributed by atoms with Crippen LogP contribution in [0.2, 0.25) is 0 Å². The Labute approximate surface area is 107 Å². The molecule has 0 amide bonds. The van der Waals surface area contributed by atoms with Gasteiger partial charge in [-0.1, -0.05) is 18.2 Å². The van der Waals surface area contributed by atoms with Gasteiger partial charge in [0.15, 0.2) is 0 Å². The molecule has 18 heavy (non-hydrogen) atoms. The largest absolute Gasteiger partial charge is 0.492 e. The first-order chi connectivity index (χ1) is 8.75. The third-order valence-corrected chi connectivity index (χ3v) is 2.32. The maximum Gasteiger partial charge on any atom is 0.492 e. The van der Waals surface area contributed by atoms with E-state index < -0.39 is 7.12 Å². The van der Waals surface area contributed by atoms with Crippen molar-refractivity contribution in [1.82, 2.24) is 0 Å². The van der Waals surface area contributed by atoms with Crippen LogP contribution in [0.25, 0.3) is 0 Å². The molecule has 6 heteroatoms. The van der Waals surface area contributed by atoms with Gasteiger partial charge in [0.05, 0.1) is 6.61 Å². The molecule has 1 aromatic carbocycles. The highest BCUT2D eigenvalue weighted by molar-refractivity contribution is 6.59. The van der Waals surface area contributed by atoms with E-state index in [4.69, 9.17) is 24.3 Å². The monoisotopic (exact) mass is 254 g/mol. The van der Waals surface area contributed by atoms with Gasteiger partial charge in [0.25, 0.3) is 0 Å². The number of hydrogen-bond donors (Lipinski definition) is 2. The summed E-state index contributed by atoms with van der Waals surface area (Å²) < 4.78 is 15.6. The molecule has 0 bridgehead atoms. The third kappa shape index (κ3) is 5.51. The minimum Gasteiger partial charge on any atom is -0.492 e. The van der Waals surface area contributed by atoms with Crippen LogP contribution in [-0.2, 0) is 9.47 Å². The molecule has 100 valence electrons. The zero-order valence-corrected chi connectivity index (χ0v) is 10.5. The van der Waals surface area contributed by atoms with Crippen LogP contribution in [0.5, 0.6) is 5.75 Å². The van der Waals surface area contributed by atoms with Crippen LogP contribution >= 0.6 is 0 Å². The molecule has 0 aliphatic carbocycles. The van der Waals surface area contributed by atoms with Crippen molar-refractivity contribution in [2.45, 2.75) is 6.42 Å². The van der Waals surface area contributed by atoms with Gasteiger partial charge >= 0.3 is 7.12 Å². The SMILES string of the molecule is COCCCOCCOc1ccccc1B(O)O. The van der Waals surface area contributed by atoms with Gasteiger partial charge in [-0.3, -0.25) is 0 Å². The summed E-state index contributed by atoms with van der Waals surface area (Å²) in [5.41, 5.74) is 0.358. The quantitative estimate of drug-likeness (QED) is 0.471. The van der Waals surface area contributed by atoms with Crippen LogP contribution in [0, 0.1) is 0 Å². The number of hydrogen-bond acceptors (Lipinski definition) is 5. The standard InChI is InChI=1S/C12H19BO5/c1-16-7-4-8-17-9-10-18-12-6-3-2-5-11(12)13(14)15/h2-3,5-6,14-15H,4,7-10H2,1H3. The van der Waals surface area contributed by atoms with Crippen molar-refractivity contribution in [1.29, 1.82) is 0 Å². The summed E-state index contributed by atoms with van der Waals surface area (Å²) in [6.45, 7) is 2.14. The van der Waals surface area contributed by atoms with E-state index in [-0.39, 0.29) is 0 Å². The van der Waals surface area contributed by atoms with E-state index >= 15 is 0 Å². The molecule has 0 aliphatic heterocycles. The van der Waals surface area contributed by atoms with Gasteiger partial charge in [0.2, 0.25) is 0 Å². The first-order valence-corrected chi connectivity index (χ1v) is 5.90. The molecule has 5 nitrogen and oxygen atoms in total. The van der Waals surface area contributed by atoms with E-state index in [1.54, 1.807) is 31.4 Å². The summed E-state index contributed by atoms with van der Waals surface area (Å²) in [7, 11) is 0.129. The highest BCUT2D eigenvalue weighted by atomic mass is 16.5. The van der Waals surface area contributed by atoms with Gasteiger partial charge in [-0.05, 0) is 12.5 Å². The molecular formula is C12H19BO5. The predicted octanol–water partition coefficient (Wildman–Crippen LogP) is -0.202. The Morgan fingerprint density at radius 3 is 2.56 bits per heavy atom. The van der Waals surface area contributed by atoms with Gasteiger partial charge < -0.3 is 24.3 Å². The van der Waals surface area contributed by atoms with Gasteiger partial charge in [0.1, 0.15) is 12.4 Å². The van der Waals surface area contributed by atoms with E-state index in [9.17, 15) is 0 Å². The minimum atomic E-state index is -1.52. The molecule has 0 spiro atoms. The molecule has 0 radical (unpaired) electrons. The number of methoxy groups -OCH3 is 1. The molecule has 0 fully saturated rings. The van der Waals surface area contributed by atoms with Crippen molar-refractivity contribution in [2.75, 3.05) is 33.5 Å². The Kier molecular flexibility index (Phi) is 7.44. The Morgan fingerprint density at radius 2 is 1.83 bits per heavy atom. The number of para-hydroxylation sites is 1. The van der Waals surface area contributed by atoms with Crippen molar-refractivity contribution in [3.05, 3.63) is 24.3 Å². The number of benzene rings is 1. The molecule has 0 heterocycles. The van der Waals surface area contributed by atoms with Crippen molar-refractivity contribution < 1.29 is 24.3 Å². The molecule has 0 aromatic heterocycles. The molecule has 0 aliphatic rings. The third-order valence-electron chi connectivity index (χ3n) is 2.32. The Balaban J connectivity index is 2.23. The molecule has 2 N–H and O–H groups in total. The summed E-state index contributed by atoms with van der Waals surface area (Å²) in [5, 5.41) is 18.3. The second-order valence-corrected chi connectivity index (χ2v) is 3.72. The Hall–Kier alpha value is -1.08. The number of rotatable bonds is 9. The summed E-state index contributed by atoms with van der Waals surface area (Å²) in [6.07, 6.45) is 0.850. The van der Waals surface area contributed by atoms with Crippen LogP contribution in [-0.4, -0.2) is 50.7 Å². The molecule has 0 atom stereocenters. The van der Waals surface area contributed by atoms with Gasteiger partial charge in [-0.25, -0.2) is 0 Å². The summed E-state index contributed by atoms with van der Waals surface area (Å²) in [5.74, 6) is 0.466. The highest BCUT2D eigenvalue weighted by Gasteiger charge is 2.15. The van der Waals surface area contributed by atoms with Crippen LogP contribution in [0.4, 0.5) is 0 Å². The zero-order chi connectivity index (χ0) is 13.2. The average molecular weight is 254 g/mol. The summed E-state index contributed by atoms with van der Waals surface area (Å²) in [4.78, 5) is 0. The van der Waals surface area contributed by atoms with Gasteiger partial charge in [0, 0.05) is 25.8 Å². The van der Waals surface area contributed by atoms with E-state index in [2.05, 4.69) is 0 Å². The van der Waals surface area contributed by atoms with Gasteiger partial charge in [-0.15, -0.1) is 0 Å². The molecule has 0 saturated heterocycles. The molecule has 0 saturated carbocycles. The fourth-order valence-electron chi connectivity index (χ4n) is 1.44. The maximum atomic E-state index is 9.13. The normalized spacial score (nSPS) is 10.4. The fraction of sp³-hybridized carbons (Fsp3) is 0.500. The number of ether oxygens (including phenoxy) is 3. The Bertz CT molecular complexity index is 332. The van der Waals surface area contributed by atoms with Crippen molar-refractivity contribution >= 4 is 12.6 Å². The van der Waals surface area contributed by atoms with E-state index in [1.807, 2.05) is 0 Å². The second kappa shape index (κ2) is 8.94. The van der Waals surface area contributed by atoms with Crippen LogP contribution in [0.3, 0.4) is 0 Å². The Morgan fingerprint density at radius 1 is 1.06 bits per heavy atom. The van der Waals surface area contributed by atoms with E-state index in [1.165, 1.54) is 0 Å². The molecular weight excluding hydrogens is 235 g/mol. The van der Waals surface area contributed by atoms with Crippen molar-refractivity contribution in [3.63, 3.8) is 0 Å². The maximum absolute atomic E-state index is 9.13. The van der Waals surface area contributed by atoms with Crippen LogP contribution in [0.1, 0.15) is 6.42 Å². The zero-order valence-electron chi connectivity index (χ0n) is 10.5. The van der Waals surface area contributed by atoms with E-state index in [0.29, 0.717) is 37.6 Å². The van der Waals surface area contributed by atoms with Gasteiger partial charge in [-0.2, -0.15) is 0 Å². The molecule has 1 rings (SSSR count). The van der Waals surface area contributed by atoms with Crippen molar-refractivity contribution in [3.8, 4) is 5.75 Å². The van der Waals surface area contributed by atoms with Crippen LogP contribution < -0.4 is 10.2 Å². The molecule has 1 aromatic rings. The van der Waals surface area contributed by atoms with Crippen LogP contribution in [0.15, 0.2) is 24.3 Å². The lowest BCUT2D eigenvalue weighted by atomic mass is 9.79. The van der Waals surface area contributed by atoms with E-state index in [0.717, 1.165) is 6.42 Å². The first-order valence-electron chi connectivity index (χ1n) is 5.90. The molecule has 0 unspecified atom stereocenters. The predicted molar refractivity (Wildman–Crippen MR) is 69.1 cm³/mol. The van der Waals surface area contributed by atoms with Crippen molar-refractivity contribution in [2.24, 2.45) is 0 Å². The summed E-state index contributed by atoms with van der Waals surface area (Å²) >= 11 is 0. The smallest absolute Gasteiger partial charge is 0.492 e. The first kappa shape index (κ1) is 15.0. The topological polar surface area (TPSA) is 68.2 Å². The lowest BCUT2D eigenvalue weighted by molar-refractivity contribution is 0.0808. The minimum absolute atomic E-state index is 0.358. The lowest BCUT2D eigenvalue weighted by Gasteiger charge is -2.11. The highest BCUT2D eigenvalue weighted by Crippen LogP contribution is 2.06. The summed E-state index contributed by atoms with van der Waals surface area (Å²) in [6, 6.07) is 6.81. The lowest BCUT2D eigenvalue weighted by Crippen LogP contribution is -2.31. The fourth-order valence-corrected chi connectivity index (χ4v) is 1.44. The average Bonchev–Trinajstić information content (AvgIpc) is 2.38. The second-order valence-electron chi connectivity index (χ2n) is 3.72.